The molecule has 1 amide bonds. The van der Waals surface area contributed by atoms with Crippen LogP contribution in [0.2, 0.25) is 0 Å². The summed E-state index contributed by atoms with van der Waals surface area (Å²) in [4.78, 5) is 20.4. The standard InChI is InChI=1S/C20H27N3OS/c1-3-20(4-2,9-18-22-16-7-5-6-8-17(16)25-18)19(24)23-12-14-10-21-11-15(14)13-23/h5-8,14-15,21H,3-4,9-13H2,1-2H3/t14-,15+. The van der Waals surface area contributed by atoms with E-state index in [2.05, 4.69) is 42.3 Å². The molecular weight excluding hydrogens is 330 g/mol. The van der Waals surface area contributed by atoms with Crippen molar-refractivity contribution in [1.29, 1.82) is 0 Å². The quantitative estimate of drug-likeness (QED) is 0.893. The predicted octanol–water partition coefficient (Wildman–Crippen LogP) is 3.32. The molecule has 3 heterocycles. The number of carbonyl (C=O) groups is 1. The summed E-state index contributed by atoms with van der Waals surface area (Å²) in [6, 6.07) is 8.26. The van der Waals surface area contributed by atoms with Crippen molar-refractivity contribution in [2.75, 3.05) is 26.2 Å². The van der Waals surface area contributed by atoms with Crippen LogP contribution in [0.1, 0.15) is 31.7 Å². The van der Waals surface area contributed by atoms with Gasteiger partial charge < -0.3 is 10.2 Å². The highest BCUT2D eigenvalue weighted by molar-refractivity contribution is 7.18. The fourth-order valence-corrected chi connectivity index (χ4v) is 5.63. The topological polar surface area (TPSA) is 45.2 Å². The summed E-state index contributed by atoms with van der Waals surface area (Å²) in [6.07, 6.45) is 2.52. The zero-order valence-electron chi connectivity index (χ0n) is 15.1. The second-order valence-corrected chi connectivity index (χ2v) is 8.74. The number of rotatable bonds is 5. The normalized spacial score (nSPS) is 23.4. The summed E-state index contributed by atoms with van der Waals surface area (Å²) in [5.41, 5.74) is 0.748. The summed E-state index contributed by atoms with van der Waals surface area (Å²) in [5, 5.41) is 4.56. The maximum Gasteiger partial charge on any atom is 0.229 e. The molecule has 0 spiro atoms. The number of aromatic nitrogens is 1. The molecule has 2 aliphatic rings. The van der Waals surface area contributed by atoms with E-state index in [0.717, 1.165) is 56.0 Å². The molecule has 0 saturated carbocycles. The minimum atomic E-state index is -0.306. The molecule has 1 aromatic heterocycles. The molecule has 2 saturated heterocycles. The number of fused-ring (bicyclic) bond motifs is 2. The van der Waals surface area contributed by atoms with Crippen molar-refractivity contribution in [2.45, 2.75) is 33.1 Å². The van der Waals surface area contributed by atoms with Gasteiger partial charge in [-0.25, -0.2) is 4.98 Å². The van der Waals surface area contributed by atoms with E-state index in [1.165, 1.54) is 4.70 Å². The molecule has 134 valence electrons. The smallest absolute Gasteiger partial charge is 0.229 e. The van der Waals surface area contributed by atoms with Gasteiger partial charge in [-0.1, -0.05) is 26.0 Å². The van der Waals surface area contributed by atoms with Crippen LogP contribution in [0.15, 0.2) is 24.3 Å². The van der Waals surface area contributed by atoms with Gasteiger partial charge in [0.05, 0.1) is 20.6 Å². The molecule has 5 heteroatoms. The molecule has 1 aromatic carbocycles. The fraction of sp³-hybridized carbons (Fsp3) is 0.600. The number of para-hydroxylation sites is 1. The van der Waals surface area contributed by atoms with Crippen LogP contribution in [-0.2, 0) is 11.2 Å². The molecule has 2 fully saturated rings. The van der Waals surface area contributed by atoms with Gasteiger partial charge in [0, 0.05) is 32.6 Å². The molecule has 0 radical (unpaired) electrons. The highest BCUT2D eigenvalue weighted by atomic mass is 32.1. The van der Waals surface area contributed by atoms with Gasteiger partial charge in [0.1, 0.15) is 0 Å². The van der Waals surface area contributed by atoms with E-state index in [-0.39, 0.29) is 5.41 Å². The van der Waals surface area contributed by atoms with Crippen molar-refractivity contribution in [3.63, 3.8) is 0 Å². The van der Waals surface area contributed by atoms with Crippen molar-refractivity contribution in [2.24, 2.45) is 17.3 Å². The molecule has 0 unspecified atom stereocenters. The maximum atomic E-state index is 13.5. The Hall–Kier alpha value is -1.46. The van der Waals surface area contributed by atoms with Crippen LogP contribution in [0.4, 0.5) is 0 Å². The molecule has 2 atom stereocenters. The molecular formula is C20H27N3OS. The molecule has 4 nitrogen and oxygen atoms in total. The van der Waals surface area contributed by atoms with Crippen LogP contribution in [0, 0.1) is 17.3 Å². The second-order valence-electron chi connectivity index (χ2n) is 7.63. The van der Waals surface area contributed by atoms with Crippen molar-refractivity contribution in [3.8, 4) is 0 Å². The molecule has 25 heavy (non-hydrogen) atoms. The van der Waals surface area contributed by atoms with E-state index in [1.807, 2.05) is 6.07 Å². The minimum Gasteiger partial charge on any atom is -0.342 e. The van der Waals surface area contributed by atoms with Crippen molar-refractivity contribution < 1.29 is 4.79 Å². The molecule has 0 aliphatic carbocycles. The zero-order valence-corrected chi connectivity index (χ0v) is 15.9. The number of hydrogen-bond acceptors (Lipinski definition) is 4. The third-order valence-corrected chi connectivity index (χ3v) is 7.35. The zero-order chi connectivity index (χ0) is 17.4. The lowest BCUT2D eigenvalue weighted by Gasteiger charge is -2.34. The number of nitrogens with zero attached hydrogens (tertiary/aromatic N) is 2. The maximum absolute atomic E-state index is 13.5. The Bertz CT molecular complexity index is 722. The Morgan fingerprint density at radius 2 is 1.92 bits per heavy atom. The van der Waals surface area contributed by atoms with Crippen LogP contribution in [0.3, 0.4) is 0 Å². The summed E-state index contributed by atoms with van der Waals surface area (Å²) in [5.74, 6) is 1.65. The molecule has 4 rings (SSSR count). The van der Waals surface area contributed by atoms with Gasteiger partial charge in [0.2, 0.25) is 5.91 Å². The number of benzene rings is 1. The van der Waals surface area contributed by atoms with Crippen LogP contribution >= 0.6 is 11.3 Å². The largest absolute Gasteiger partial charge is 0.342 e. The van der Waals surface area contributed by atoms with Gasteiger partial charge in [-0.05, 0) is 36.8 Å². The number of hydrogen-bond donors (Lipinski definition) is 1. The number of carbonyl (C=O) groups excluding carboxylic acids is 1. The summed E-state index contributed by atoms with van der Waals surface area (Å²) in [7, 11) is 0. The average molecular weight is 358 g/mol. The summed E-state index contributed by atoms with van der Waals surface area (Å²) >= 11 is 1.74. The van der Waals surface area contributed by atoms with E-state index in [1.54, 1.807) is 11.3 Å². The predicted molar refractivity (Wildman–Crippen MR) is 103 cm³/mol. The van der Waals surface area contributed by atoms with Crippen molar-refractivity contribution >= 4 is 27.5 Å². The minimum absolute atomic E-state index is 0.306. The summed E-state index contributed by atoms with van der Waals surface area (Å²) < 4.78 is 1.22. The lowest BCUT2D eigenvalue weighted by molar-refractivity contribution is -0.142. The van der Waals surface area contributed by atoms with Gasteiger partial charge in [-0.15, -0.1) is 11.3 Å². The number of nitrogens with one attached hydrogen (secondary N) is 1. The lowest BCUT2D eigenvalue weighted by Crippen LogP contribution is -2.44. The first-order chi connectivity index (χ1) is 12.1. The third kappa shape index (κ3) is 2.97. The van der Waals surface area contributed by atoms with Crippen LogP contribution in [0.5, 0.6) is 0 Å². The van der Waals surface area contributed by atoms with Gasteiger partial charge in [-0.2, -0.15) is 0 Å². The molecule has 1 N–H and O–H groups in total. The van der Waals surface area contributed by atoms with E-state index in [9.17, 15) is 4.79 Å². The highest BCUT2D eigenvalue weighted by Gasteiger charge is 2.45. The highest BCUT2D eigenvalue weighted by Crippen LogP contribution is 2.38. The number of amides is 1. The van der Waals surface area contributed by atoms with Gasteiger partial charge in [0.15, 0.2) is 0 Å². The van der Waals surface area contributed by atoms with E-state index >= 15 is 0 Å². The van der Waals surface area contributed by atoms with Crippen molar-refractivity contribution in [1.82, 2.24) is 15.2 Å². The van der Waals surface area contributed by atoms with Crippen molar-refractivity contribution in [3.05, 3.63) is 29.3 Å². The van der Waals surface area contributed by atoms with Crippen LogP contribution < -0.4 is 5.32 Å². The first kappa shape index (κ1) is 17.0. The SMILES string of the molecule is CCC(CC)(Cc1nc2ccccc2s1)C(=O)N1C[C@H]2CNC[C@H]2C1. The van der Waals surface area contributed by atoms with Gasteiger partial charge in [0.25, 0.3) is 0 Å². The molecule has 2 aromatic rings. The molecule has 2 aliphatic heterocycles. The Labute approximate surface area is 153 Å². The summed E-state index contributed by atoms with van der Waals surface area (Å²) in [6.45, 7) is 8.31. The number of thiazole rings is 1. The number of likely N-dealkylation sites (tertiary alicyclic amines) is 1. The average Bonchev–Trinajstić information content (AvgIpc) is 3.32. The fourth-order valence-electron chi connectivity index (χ4n) is 4.52. The van der Waals surface area contributed by atoms with Crippen LogP contribution in [0.25, 0.3) is 10.2 Å². The van der Waals surface area contributed by atoms with Crippen LogP contribution in [-0.4, -0.2) is 42.0 Å². The second kappa shape index (κ2) is 6.69. The first-order valence-electron chi connectivity index (χ1n) is 9.49. The third-order valence-electron chi connectivity index (χ3n) is 6.31. The monoisotopic (exact) mass is 357 g/mol. The molecule has 0 bridgehead atoms. The van der Waals surface area contributed by atoms with E-state index in [0.29, 0.717) is 17.7 Å². The Kier molecular flexibility index (Phi) is 4.54. The lowest BCUT2D eigenvalue weighted by atomic mass is 9.78. The van der Waals surface area contributed by atoms with E-state index < -0.39 is 0 Å². The Balaban J connectivity index is 1.57. The Morgan fingerprint density at radius 3 is 2.56 bits per heavy atom. The van der Waals surface area contributed by atoms with E-state index in [4.69, 9.17) is 4.98 Å². The van der Waals surface area contributed by atoms with Gasteiger partial charge in [-0.3, -0.25) is 4.79 Å². The Morgan fingerprint density at radius 1 is 1.24 bits per heavy atom. The van der Waals surface area contributed by atoms with Gasteiger partial charge >= 0.3 is 0 Å². The first-order valence-corrected chi connectivity index (χ1v) is 10.3.